The molecule has 0 aromatic rings. The minimum atomic E-state index is -1.53. The van der Waals surface area contributed by atoms with E-state index in [9.17, 15) is 19.8 Å². The smallest absolute Gasteiger partial charge is 0.549 e. The molecule has 1 atom stereocenters. The van der Waals surface area contributed by atoms with Crippen LogP contribution in [-0.2, 0) is 9.59 Å². The van der Waals surface area contributed by atoms with E-state index in [1.807, 2.05) is 0 Å². The first-order valence-electron chi connectivity index (χ1n) is 9.94. The minimum absolute atomic E-state index is 0. The SMILES string of the molecule is CCCCCCCCCC(CC)CCCCCC(C(=O)[O-])C(=O)[O-].[K+].[K+]. The summed E-state index contributed by atoms with van der Waals surface area (Å²) in [5, 5.41) is 21.3. The van der Waals surface area contributed by atoms with E-state index < -0.39 is 17.9 Å². The van der Waals surface area contributed by atoms with Gasteiger partial charge in [0.25, 0.3) is 0 Å². The van der Waals surface area contributed by atoms with Crippen molar-refractivity contribution >= 4 is 11.9 Å². The zero-order chi connectivity index (χ0) is 18.2. The van der Waals surface area contributed by atoms with Gasteiger partial charge < -0.3 is 19.8 Å². The molecule has 0 bridgehead atoms. The Labute approximate surface area is 245 Å². The third-order valence-electron chi connectivity index (χ3n) is 4.97. The van der Waals surface area contributed by atoms with E-state index in [0.29, 0.717) is 6.42 Å². The fourth-order valence-electron chi connectivity index (χ4n) is 3.23. The zero-order valence-electron chi connectivity index (χ0n) is 17.7. The van der Waals surface area contributed by atoms with Crippen molar-refractivity contribution in [1.29, 1.82) is 0 Å². The Morgan fingerprint density at radius 3 is 1.46 bits per heavy atom. The first-order valence-corrected chi connectivity index (χ1v) is 9.94. The minimum Gasteiger partial charge on any atom is -0.549 e. The summed E-state index contributed by atoms with van der Waals surface area (Å²) in [4.78, 5) is 21.3. The Kier molecular flexibility index (Phi) is 29.7. The molecule has 0 amide bonds. The Bertz CT molecular complexity index is 324. The summed E-state index contributed by atoms with van der Waals surface area (Å²) in [5.74, 6) is -3.76. The number of carboxylic acids is 2. The van der Waals surface area contributed by atoms with E-state index in [1.54, 1.807) is 0 Å². The summed E-state index contributed by atoms with van der Waals surface area (Å²) in [6.45, 7) is 4.47. The van der Waals surface area contributed by atoms with E-state index in [1.165, 1.54) is 57.8 Å². The van der Waals surface area contributed by atoms with Gasteiger partial charge in [-0.15, -0.1) is 0 Å². The standard InChI is InChI=1S/C20H38O4.2K/c1-3-5-6-7-8-9-11-14-17(4-2)15-12-10-13-16-18(19(21)22)20(23)24;;/h17-18H,3-16H2,1-2H3,(H,21,22)(H,23,24);;/q;2*+1/p-2. The van der Waals surface area contributed by atoms with E-state index in [-0.39, 0.29) is 109 Å². The van der Waals surface area contributed by atoms with Crippen LogP contribution >= 0.6 is 0 Å². The molecule has 0 rings (SSSR count). The number of aliphatic carboxylic acids is 2. The van der Waals surface area contributed by atoms with Crippen molar-refractivity contribution < 1.29 is 123 Å². The number of carbonyl (C=O) groups is 2. The van der Waals surface area contributed by atoms with Gasteiger partial charge in [-0.25, -0.2) is 0 Å². The molecule has 0 saturated heterocycles. The van der Waals surface area contributed by atoms with Gasteiger partial charge in [0.2, 0.25) is 0 Å². The molecule has 4 nitrogen and oxygen atoms in total. The van der Waals surface area contributed by atoms with Crippen molar-refractivity contribution in [2.75, 3.05) is 0 Å². The fraction of sp³-hybridized carbons (Fsp3) is 0.900. The molecule has 0 N–H and O–H groups in total. The number of rotatable bonds is 17. The van der Waals surface area contributed by atoms with Gasteiger partial charge in [0, 0.05) is 5.92 Å². The molecule has 142 valence electrons. The van der Waals surface area contributed by atoms with Gasteiger partial charge >= 0.3 is 103 Å². The van der Waals surface area contributed by atoms with Gasteiger partial charge in [-0.05, 0) is 12.3 Å². The van der Waals surface area contributed by atoms with Crippen LogP contribution in [0.1, 0.15) is 104 Å². The van der Waals surface area contributed by atoms with Crippen molar-refractivity contribution in [2.24, 2.45) is 11.8 Å². The first-order chi connectivity index (χ1) is 11.5. The van der Waals surface area contributed by atoms with Crippen molar-refractivity contribution in [1.82, 2.24) is 0 Å². The van der Waals surface area contributed by atoms with E-state index >= 15 is 0 Å². The molecule has 0 aliphatic carbocycles. The third kappa shape index (κ3) is 19.5. The summed E-state index contributed by atoms with van der Waals surface area (Å²) in [6.07, 6.45) is 15.7. The molecule has 0 aliphatic rings. The summed E-state index contributed by atoms with van der Waals surface area (Å²) < 4.78 is 0. The van der Waals surface area contributed by atoms with Gasteiger partial charge in [0.1, 0.15) is 0 Å². The van der Waals surface area contributed by atoms with Crippen LogP contribution in [-0.4, -0.2) is 11.9 Å². The third-order valence-corrected chi connectivity index (χ3v) is 4.97. The van der Waals surface area contributed by atoms with Crippen LogP contribution in [0.4, 0.5) is 0 Å². The number of hydrogen-bond donors (Lipinski definition) is 0. The second kappa shape index (κ2) is 23.5. The van der Waals surface area contributed by atoms with E-state index in [2.05, 4.69) is 13.8 Å². The van der Waals surface area contributed by atoms with Crippen LogP contribution < -0.4 is 113 Å². The van der Waals surface area contributed by atoms with Gasteiger partial charge in [0.05, 0.1) is 11.9 Å². The Morgan fingerprint density at radius 2 is 1.04 bits per heavy atom. The number of carbonyl (C=O) groups excluding carboxylic acids is 2. The molecule has 26 heavy (non-hydrogen) atoms. The molecular formula is C20H36K2O4. The average Bonchev–Trinajstić information content (AvgIpc) is 2.54. The summed E-state index contributed by atoms with van der Waals surface area (Å²) in [6, 6.07) is 0. The van der Waals surface area contributed by atoms with Crippen molar-refractivity contribution in [3.8, 4) is 0 Å². The van der Waals surface area contributed by atoms with Gasteiger partial charge in [-0.1, -0.05) is 97.3 Å². The predicted molar refractivity (Wildman–Crippen MR) is 93.0 cm³/mol. The molecule has 0 aromatic heterocycles. The Hall–Kier alpha value is 2.21. The molecule has 0 aromatic carbocycles. The number of hydrogen-bond acceptors (Lipinski definition) is 4. The summed E-state index contributed by atoms with van der Waals surface area (Å²) in [7, 11) is 0. The van der Waals surface area contributed by atoms with Crippen molar-refractivity contribution in [2.45, 2.75) is 104 Å². The molecule has 0 fully saturated rings. The Morgan fingerprint density at radius 1 is 0.654 bits per heavy atom. The van der Waals surface area contributed by atoms with Crippen LogP contribution in [0.15, 0.2) is 0 Å². The molecule has 6 heteroatoms. The monoisotopic (exact) mass is 418 g/mol. The molecule has 0 saturated carbocycles. The van der Waals surface area contributed by atoms with Gasteiger partial charge in [-0.3, -0.25) is 0 Å². The van der Waals surface area contributed by atoms with E-state index in [0.717, 1.165) is 25.2 Å². The maximum atomic E-state index is 10.7. The van der Waals surface area contributed by atoms with Crippen LogP contribution in [0.5, 0.6) is 0 Å². The maximum absolute atomic E-state index is 10.7. The summed E-state index contributed by atoms with van der Waals surface area (Å²) in [5.41, 5.74) is 0. The van der Waals surface area contributed by atoms with Crippen molar-refractivity contribution in [3.63, 3.8) is 0 Å². The largest absolute Gasteiger partial charge is 1.00 e. The summed E-state index contributed by atoms with van der Waals surface area (Å²) >= 11 is 0. The fourth-order valence-corrected chi connectivity index (χ4v) is 3.23. The molecule has 0 radical (unpaired) electrons. The molecular weight excluding hydrogens is 382 g/mol. The maximum Gasteiger partial charge on any atom is 1.00 e. The topological polar surface area (TPSA) is 80.3 Å². The Balaban J connectivity index is -0.00000264. The quantitative estimate of drug-likeness (QED) is 0.145. The van der Waals surface area contributed by atoms with Gasteiger partial charge in [0.15, 0.2) is 0 Å². The van der Waals surface area contributed by atoms with Crippen LogP contribution in [0.2, 0.25) is 0 Å². The molecule has 1 unspecified atom stereocenters. The van der Waals surface area contributed by atoms with Crippen LogP contribution in [0.3, 0.4) is 0 Å². The number of unbranched alkanes of at least 4 members (excludes halogenated alkanes) is 8. The molecule has 0 aliphatic heterocycles. The predicted octanol–water partition coefficient (Wildman–Crippen LogP) is -2.77. The second-order valence-corrected chi connectivity index (χ2v) is 7.01. The van der Waals surface area contributed by atoms with Crippen LogP contribution in [0.25, 0.3) is 0 Å². The first kappa shape index (κ1) is 32.9. The zero-order valence-corrected chi connectivity index (χ0v) is 23.9. The van der Waals surface area contributed by atoms with Crippen molar-refractivity contribution in [3.05, 3.63) is 0 Å². The van der Waals surface area contributed by atoms with Gasteiger partial charge in [-0.2, -0.15) is 0 Å². The van der Waals surface area contributed by atoms with E-state index in [4.69, 9.17) is 0 Å². The normalized spacial score (nSPS) is 11.5. The second-order valence-electron chi connectivity index (χ2n) is 7.01. The number of carboxylic acid groups (broad SMARTS) is 2. The average molecular weight is 419 g/mol. The molecule has 0 spiro atoms. The van der Waals surface area contributed by atoms with Crippen LogP contribution in [0, 0.1) is 11.8 Å². The molecule has 0 heterocycles.